The number of hydrogen-bond donors (Lipinski definition) is 0. The molecule has 42 heavy (non-hydrogen) atoms. The first-order chi connectivity index (χ1) is 20.8. The lowest BCUT2D eigenvalue weighted by molar-refractivity contribution is 0.487. The Kier molecular flexibility index (Phi) is 4.93. The van der Waals surface area contributed by atoms with Crippen molar-refractivity contribution >= 4 is 32.7 Å². The largest absolute Gasteiger partial charge is 0.456 e. The van der Waals surface area contributed by atoms with Gasteiger partial charge in [-0.2, -0.15) is 0 Å². The Hall–Kier alpha value is -5.60. The molecule has 0 spiro atoms. The topological polar surface area (TPSA) is 22.4 Å². The molecule has 2 nitrogen and oxygen atoms in total. The molecule has 0 N–H and O–H groups in total. The summed E-state index contributed by atoms with van der Waals surface area (Å²) < 4.78 is 12.6. The van der Waals surface area contributed by atoms with E-state index in [1.165, 1.54) is 27.5 Å². The molecule has 196 valence electrons. The van der Waals surface area contributed by atoms with Gasteiger partial charge in [-0.3, -0.25) is 0 Å². The minimum Gasteiger partial charge on any atom is -0.456 e. The fourth-order valence-electron chi connectivity index (χ4n) is 6.41. The summed E-state index contributed by atoms with van der Waals surface area (Å²) in [5, 5.41) is 4.64. The van der Waals surface area contributed by atoms with Crippen molar-refractivity contribution in [3.8, 4) is 56.0 Å². The van der Waals surface area contributed by atoms with Crippen LogP contribution in [0.15, 0.2) is 150 Å². The van der Waals surface area contributed by atoms with E-state index < -0.39 is 0 Å². The zero-order valence-electron chi connectivity index (χ0n) is 22.7. The summed E-state index contributed by atoms with van der Waals surface area (Å²) in [5.74, 6) is 1.80. The molecule has 7 aromatic carbocycles. The van der Waals surface area contributed by atoms with Crippen LogP contribution in [-0.2, 0) is 0 Å². The zero-order chi connectivity index (χ0) is 27.6. The number of benzene rings is 7. The standard InChI is InChI=1S/C40H24O2/c1-2-8-25(9-3-1)29-20-30(22-31(21-29)28-16-18-33-32-12-4-5-14-36(32)42-39(33)24-28)27-17-19-37-35(23-27)34-13-6-10-26-11-7-15-38(41-37)40(26)34/h1-24H. The lowest BCUT2D eigenvalue weighted by atomic mass is 9.90. The maximum atomic E-state index is 6.38. The van der Waals surface area contributed by atoms with E-state index in [0.717, 1.165) is 61.3 Å². The Bertz CT molecular complexity index is 2320. The van der Waals surface area contributed by atoms with Gasteiger partial charge in [-0.15, -0.1) is 0 Å². The van der Waals surface area contributed by atoms with Crippen molar-refractivity contribution in [3.63, 3.8) is 0 Å². The average Bonchev–Trinajstić information content (AvgIpc) is 3.43. The van der Waals surface area contributed by atoms with Gasteiger partial charge in [0.2, 0.25) is 0 Å². The van der Waals surface area contributed by atoms with Gasteiger partial charge in [-0.05, 0) is 98.9 Å². The van der Waals surface area contributed by atoms with Crippen molar-refractivity contribution in [2.24, 2.45) is 0 Å². The summed E-state index contributed by atoms with van der Waals surface area (Å²) in [6, 6.07) is 51.5. The Balaban J connectivity index is 1.23. The molecule has 0 fully saturated rings. The van der Waals surface area contributed by atoms with E-state index in [2.05, 4.69) is 133 Å². The van der Waals surface area contributed by atoms with Crippen LogP contribution in [0.5, 0.6) is 11.5 Å². The van der Waals surface area contributed by atoms with E-state index in [1.54, 1.807) is 0 Å². The SMILES string of the molecule is c1ccc(-c2cc(-c3ccc4c(c3)-c3cccc5cccc(c35)O4)cc(-c3ccc4c(c3)oc3ccccc34)c2)cc1. The number of hydrogen-bond acceptors (Lipinski definition) is 2. The fourth-order valence-corrected chi connectivity index (χ4v) is 6.41. The molecule has 0 unspecified atom stereocenters. The van der Waals surface area contributed by atoms with E-state index in [4.69, 9.17) is 9.15 Å². The summed E-state index contributed by atoms with van der Waals surface area (Å²) in [6.45, 7) is 0. The number of furan rings is 1. The molecule has 0 bridgehead atoms. The van der Waals surface area contributed by atoms with E-state index >= 15 is 0 Å². The van der Waals surface area contributed by atoms with Crippen LogP contribution in [0.2, 0.25) is 0 Å². The van der Waals surface area contributed by atoms with Gasteiger partial charge < -0.3 is 9.15 Å². The first kappa shape index (κ1) is 23.1. The molecular formula is C40H24O2. The van der Waals surface area contributed by atoms with Crippen LogP contribution in [0.1, 0.15) is 0 Å². The number of fused-ring (bicyclic) bond motifs is 5. The van der Waals surface area contributed by atoms with Gasteiger partial charge in [-0.1, -0.05) is 91.0 Å². The Morgan fingerprint density at radius 3 is 1.90 bits per heavy atom. The number of para-hydroxylation sites is 1. The lowest BCUT2D eigenvalue weighted by Crippen LogP contribution is -1.97. The van der Waals surface area contributed by atoms with Crippen LogP contribution in [0.4, 0.5) is 0 Å². The van der Waals surface area contributed by atoms with Crippen molar-refractivity contribution in [1.29, 1.82) is 0 Å². The molecule has 0 saturated carbocycles. The zero-order valence-corrected chi connectivity index (χ0v) is 22.7. The van der Waals surface area contributed by atoms with Gasteiger partial charge in [0.1, 0.15) is 22.7 Å². The monoisotopic (exact) mass is 536 g/mol. The molecular weight excluding hydrogens is 512 g/mol. The summed E-state index contributed by atoms with van der Waals surface area (Å²) in [4.78, 5) is 0. The van der Waals surface area contributed by atoms with Gasteiger partial charge in [0, 0.05) is 21.7 Å². The Morgan fingerprint density at radius 1 is 0.357 bits per heavy atom. The first-order valence-electron chi connectivity index (χ1n) is 14.3. The minimum absolute atomic E-state index is 0.889. The van der Waals surface area contributed by atoms with Crippen LogP contribution >= 0.6 is 0 Å². The van der Waals surface area contributed by atoms with Crippen molar-refractivity contribution in [3.05, 3.63) is 146 Å². The van der Waals surface area contributed by atoms with E-state index in [1.807, 2.05) is 12.1 Å². The second kappa shape index (κ2) is 8.95. The Labute approximate surface area is 243 Å². The molecule has 0 amide bonds. The highest BCUT2D eigenvalue weighted by Gasteiger charge is 2.20. The van der Waals surface area contributed by atoms with Crippen LogP contribution < -0.4 is 4.74 Å². The third-order valence-corrected chi connectivity index (χ3v) is 8.44. The predicted octanol–water partition coefficient (Wildman–Crippen LogP) is 11.5. The summed E-state index contributed by atoms with van der Waals surface area (Å²) in [5.41, 5.74) is 11.1. The van der Waals surface area contributed by atoms with Gasteiger partial charge in [0.25, 0.3) is 0 Å². The first-order valence-corrected chi connectivity index (χ1v) is 14.3. The second-order valence-electron chi connectivity index (χ2n) is 10.9. The van der Waals surface area contributed by atoms with Crippen molar-refractivity contribution in [2.75, 3.05) is 0 Å². The van der Waals surface area contributed by atoms with Gasteiger partial charge in [0.05, 0.1) is 0 Å². The quantitative estimate of drug-likeness (QED) is 0.224. The van der Waals surface area contributed by atoms with Crippen molar-refractivity contribution in [1.82, 2.24) is 0 Å². The molecule has 2 heterocycles. The van der Waals surface area contributed by atoms with Crippen LogP contribution in [0.25, 0.3) is 77.2 Å². The molecule has 9 rings (SSSR count). The van der Waals surface area contributed by atoms with E-state index in [-0.39, 0.29) is 0 Å². The van der Waals surface area contributed by atoms with Gasteiger partial charge in [-0.25, -0.2) is 0 Å². The van der Waals surface area contributed by atoms with Crippen molar-refractivity contribution in [2.45, 2.75) is 0 Å². The molecule has 1 aromatic heterocycles. The van der Waals surface area contributed by atoms with Gasteiger partial charge >= 0.3 is 0 Å². The molecule has 0 saturated heterocycles. The molecule has 2 heteroatoms. The van der Waals surface area contributed by atoms with E-state index in [9.17, 15) is 0 Å². The predicted molar refractivity (Wildman–Crippen MR) is 173 cm³/mol. The number of rotatable bonds is 3. The minimum atomic E-state index is 0.889. The summed E-state index contributed by atoms with van der Waals surface area (Å²) >= 11 is 0. The second-order valence-corrected chi connectivity index (χ2v) is 10.9. The highest BCUT2D eigenvalue weighted by atomic mass is 16.5. The molecule has 0 radical (unpaired) electrons. The average molecular weight is 537 g/mol. The third-order valence-electron chi connectivity index (χ3n) is 8.44. The van der Waals surface area contributed by atoms with Gasteiger partial charge in [0.15, 0.2) is 0 Å². The highest BCUT2D eigenvalue weighted by Crippen LogP contribution is 2.48. The van der Waals surface area contributed by atoms with Crippen molar-refractivity contribution < 1.29 is 9.15 Å². The molecule has 1 aliphatic rings. The van der Waals surface area contributed by atoms with Crippen LogP contribution in [0, 0.1) is 0 Å². The van der Waals surface area contributed by atoms with Crippen LogP contribution in [-0.4, -0.2) is 0 Å². The van der Waals surface area contributed by atoms with E-state index in [0.29, 0.717) is 0 Å². The maximum absolute atomic E-state index is 6.38. The lowest BCUT2D eigenvalue weighted by Gasteiger charge is -2.22. The fraction of sp³-hybridized carbons (Fsp3) is 0. The smallest absolute Gasteiger partial charge is 0.136 e. The normalized spacial score (nSPS) is 12.0. The Morgan fingerprint density at radius 2 is 1.05 bits per heavy atom. The molecule has 0 aliphatic carbocycles. The van der Waals surface area contributed by atoms with Crippen LogP contribution in [0.3, 0.4) is 0 Å². The number of ether oxygens (including phenoxy) is 1. The maximum Gasteiger partial charge on any atom is 0.136 e. The molecule has 8 aromatic rings. The highest BCUT2D eigenvalue weighted by molar-refractivity contribution is 6.06. The summed E-state index contributed by atoms with van der Waals surface area (Å²) in [7, 11) is 0. The third kappa shape index (κ3) is 3.59. The molecule has 0 atom stereocenters. The molecule has 1 aliphatic heterocycles. The summed E-state index contributed by atoms with van der Waals surface area (Å²) in [6.07, 6.45) is 0.